The summed E-state index contributed by atoms with van der Waals surface area (Å²) in [5, 5.41) is 9.69. The summed E-state index contributed by atoms with van der Waals surface area (Å²) in [6, 6.07) is -0.124. The number of ether oxygens (including phenoxy) is 1. The maximum absolute atomic E-state index is 12.1. The van der Waals surface area contributed by atoms with Gasteiger partial charge in [-0.2, -0.15) is 0 Å². The number of carbonyl (C=O) groups is 1. The summed E-state index contributed by atoms with van der Waals surface area (Å²) in [5.74, 6) is 1.60. The van der Waals surface area contributed by atoms with Crippen LogP contribution in [0.4, 0.5) is 0 Å². The highest BCUT2D eigenvalue weighted by Gasteiger charge is 2.52. The molecule has 7 heteroatoms. The minimum Gasteiger partial charge on any atom is -0.376 e. The highest BCUT2D eigenvalue weighted by atomic mass is 16.5. The van der Waals surface area contributed by atoms with Gasteiger partial charge in [-0.25, -0.2) is 4.98 Å². The van der Waals surface area contributed by atoms with Crippen molar-refractivity contribution >= 4 is 5.91 Å². The monoisotopic (exact) mass is 263 g/mol. The number of rotatable bonds is 3. The number of amides is 1. The number of fused-ring (bicyclic) bond motifs is 1. The van der Waals surface area contributed by atoms with Crippen LogP contribution in [0.25, 0.3) is 0 Å². The lowest BCUT2D eigenvalue weighted by Gasteiger charge is -2.45. The second kappa shape index (κ2) is 4.01. The van der Waals surface area contributed by atoms with Gasteiger partial charge < -0.3 is 15.8 Å². The number of aromatic nitrogens is 3. The largest absolute Gasteiger partial charge is 0.376 e. The highest BCUT2D eigenvalue weighted by Crippen LogP contribution is 2.38. The van der Waals surface area contributed by atoms with Crippen LogP contribution in [0.5, 0.6) is 0 Å². The van der Waals surface area contributed by atoms with E-state index in [0.29, 0.717) is 11.8 Å². The van der Waals surface area contributed by atoms with E-state index in [-0.39, 0.29) is 29.9 Å². The van der Waals surface area contributed by atoms with Crippen molar-refractivity contribution in [1.82, 2.24) is 20.5 Å². The maximum Gasteiger partial charge on any atom is 0.291 e. The fraction of sp³-hybridized carbons (Fsp3) is 0.750. The minimum absolute atomic E-state index is 0.0155. The molecule has 3 fully saturated rings. The van der Waals surface area contributed by atoms with Gasteiger partial charge in [0.05, 0.1) is 12.1 Å². The molecular weight excluding hydrogens is 246 g/mol. The molecule has 1 saturated heterocycles. The maximum atomic E-state index is 12.1. The Labute approximate surface area is 110 Å². The van der Waals surface area contributed by atoms with Crippen molar-refractivity contribution in [2.45, 2.75) is 43.4 Å². The van der Waals surface area contributed by atoms with Crippen LogP contribution in [0.1, 0.15) is 41.6 Å². The molecule has 0 spiro atoms. The van der Waals surface area contributed by atoms with E-state index >= 15 is 0 Å². The van der Waals surface area contributed by atoms with Crippen molar-refractivity contribution in [3.05, 3.63) is 11.6 Å². The average molecular weight is 263 g/mol. The van der Waals surface area contributed by atoms with E-state index in [0.717, 1.165) is 31.7 Å². The molecule has 19 heavy (non-hydrogen) atoms. The van der Waals surface area contributed by atoms with Crippen molar-refractivity contribution < 1.29 is 9.53 Å². The third-order valence-corrected chi connectivity index (χ3v) is 4.41. The lowest BCUT2D eigenvalue weighted by Crippen LogP contribution is -2.69. The molecule has 1 amide bonds. The fourth-order valence-corrected chi connectivity index (χ4v) is 3.06. The molecule has 0 aromatic carbocycles. The Morgan fingerprint density at radius 1 is 1.42 bits per heavy atom. The van der Waals surface area contributed by atoms with Crippen LogP contribution in [-0.4, -0.2) is 45.9 Å². The first-order valence-electron chi connectivity index (χ1n) is 6.84. The van der Waals surface area contributed by atoms with Crippen molar-refractivity contribution in [2.24, 2.45) is 11.7 Å². The van der Waals surface area contributed by atoms with Crippen LogP contribution >= 0.6 is 0 Å². The van der Waals surface area contributed by atoms with Gasteiger partial charge in [-0.15, -0.1) is 5.10 Å². The lowest BCUT2D eigenvalue weighted by molar-refractivity contribution is -0.0162. The summed E-state index contributed by atoms with van der Waals surface area (Å²) >= 11 is 0. The predicted molar refractivity (Wildman–Crippen MR) is 65.4 cm³/mol. The van der Waals surface area contributed by atoms with Gasteiger partial charge in [-0.1, -0.05) is 0 Å². The smallest absolute Gasteiger partial charge is 0.291 e. The number of nitrogens with two attached hydrogens (primary N) is 1. The first-order chi connectivity index (χ1) is 9.24. The number of nitrogens with zero attached hydrogens (tertiary/aromatic N) is 2. The summed E-state index contributed by atoms with van der Waals surface area (Å²) < 4.78 is 5.58. The van der Waals surface area contributed by atoms with Gasteiger partial charge in [0.2, 0.25) is 5.82 Å². The van der Waals surface area contributed by atoms with Gasteiger partial charge in [0.25, 0.3) is 5.91 Å². The summed E-state index contributed by atoms with van der Waals surface area (Å²) in [4.78, 5) is 16.3. The molecule has 1 aromatic heterocycles. The predicted octanol–water partition coefficient (Wildman–Crippen LogP) is -0.473. The first kappa shape index (κ1) is 11.4. The molecule has 0 bridgehead atoms. The lowest BCUT2D eigenvalue weighted by atomic mass is 9.72. The Balaban J connectivity index is 1.43. The molecule has 1 aliphatic heterocycles. The first-order valence-corrected chi connectivity index (χ1v) is 6.84. The zero-order valence-corrected chi connectivity index (χ0v) is 10.5. The second-order valence-electron chi connectivity index (χ2n) is 5.68. The molecule has 4 rings (SSSR count). The van der Waals surface area contributed by atoms with Crippen LogP contribution < -0.4 is 11.1 Å². The van der Waals surface area contributed by atoms with E-state index in [1.54, 1.807) is 0 Å². The molecule has 2 saturated carbocycles. The molecular formula is C12H17N5O2. The molecule has 7 nitrogen and oxygen atoms in total. The molecule has 3 aliphatic rings. The van der Waals surface area contributed by atoms with Crippen LogP contribution in [0.15, 0.2) is 0 Å². The third-order valence-electron chi connectivity index (χ3n) is 4.41. The van der Waals surface area contributed by atoms with Gasteiger partial charge in [0, 0.05) is 24.5 Å². The summed E-state index contributed by atoms with van der Waals surface area (Å²) in [6.45, 7) is 0.738. The number of hydrogen-bond donors (Lipinski definition) is 3. The van der Waals surface area contributed by atoms with Gasteiger partial charge in [0.1, 0.15) is 5.82 Å². The Kier molecular flexibility index (Phi) is 2.40. The second-order valence-corrected chi connectivity index (χ2v) is 5.68. The average Bonchev–Trinajstić information content (AvgIpc) is 3.00. The standard InChI is InChI=1S/C12H17N5O2/c13-7-6-3-4-19-9(6)8(7)14-12(18)11-15-10(16-17-11)5-1-2-5/h5-9H,1-4,13H2,(H,14,18)(H,15,16,17). The van der Waals surface area contributed by atoms with Crippen LogP contribution in [0, 0.1) is 5.92 Å². The van der Waals surface area contributed by atoms with E-state index in [2.05, 4.69) is 20.5 Å². The summed E-state index contributed by atoms with van der Waals surface area (Å²) in [5.41, 5.74) is 6.05. The molecule has 1 aromatic rings. The van der Waals surface area contributed by atoms with E-state index in [4.69, 9.17) is 10.5 Å². The Morgan fingerprint density at radius 3 is 3.05 bits per heavy atom. The number of hydrogen-bond acceptors (Lipinski definition) is 5. The normalized spacial score (nSPS) is 36.7. The zero-order valence-electron chi connectivity index (χ0n) is 10.5. The third kappa shape index (κ3) is 1.76. The minimum atomic E-state index is -0.266. The van der Waals surface area contributed by atoms with Gasteiger partial charge >= 0.3 is 0 Å². The Hall–Kier alpha value is -1.47. The van der Waals surface area contributed by atoms with E-state index in [9.17, 15) is 4.79 Å². The van der Waals surface area contributed by atoms with E-state index in [1.807, 2.05) is 0 Å². The topological polar surface area (TPSA) is 106 Å². The SMILES string of the molecule is NC1C2CCOC2C1NC(=O)c1n[nH]c(C2CC2)n1. The summed E-state index contributed by atoms with van der Waals surface area (Å²) in [6.07, 6.45) is 3.31. The molecule has 0 radical (unpaired) electrons. The van der Waals surface area contributed by atoms with Gasteiger partial charge in [0.15, 0.2) is 0 Å². The van der Waals surface area contributed by atoms with Crippen molar-refractivity contribution in [3.63, 3.8) is 0 Å². The van der Waals surface area contributed by atoms with E-state index < -0.39 is 0 Å². The van der Waals surface area contributed by atoms with Crippen molar-refractivity contribution in [3.8, 4) is 0 Å². The zero-order chi connectivity index (χ0) is 13.0. The molecule has 102 valence electrons. The fourth-order valence-electron chi connectivity index (χ4n) is 3.06. The number of aromatic amines is 1. The van der Waals surface area contributed by atoms with Crippen LogP contribution in [0.2, 0.25) is 0 Å². The van der Waals surface area contributed by atoms with Gasteiger partial charge in [-0.3, -0.25) is 9.89 Å². The van der Waals surface area contributed by atoms with Crippen molar-refractivity contribution in [1.29, 1.82) is 0 Å². The summed E-state index contributed by atoms with van der Waals surface area (Å²) in [7, 11) is 0. The quantitative estimate of drug-likeness (QED) is 0.683. The molecule has 4 unspecified atom stereocenters. The van der Waals surface area contributed by atoms with E-state index in [1.165, 1.54) is 0 Å². The molecule has 2 aliphatic carbocycles. The van der Waals surface area contributed by atoms with Crippen LogP contribution in [0.3, 0.4) is 0 Å². The van der Waals surface area contributed by atoms with Crippen LogP contribution in [-0.2, 0) is 4.74 Å². The molecule has 4 atom stereocenters. The molecule has 4 N–H and O–H groups in total. The Morgan fingerprint density at radius 2 is 2.26 bits per heavy atom. The highest BCUT2D eigenvalue weighted by molar-refractivity contribution is 5.90. The number of carbonyl (C=O) groups excluding carboxylic acids is 1. The van der Waals surface area contributed by atoms with Crippen molar-refractivity contribution in [2.75, 3.05) is 6.61 Å². The molecule has 2 heterocycles. The van der Waals surface area contributed by atoms with Gasteiger partial charge in [-0.05, 0) is 19.3 Å². The number of nitrogens with one attached hydrogen (secondary N) is 2. The Bertz CT molecular complexity index is 512. The number of H-pyrrole nitrogens is 1.